The SMILES string of the molecule is CN([C@@H]1C[C@@H](n2cnc3c(C#Cc4ccccc4)ncnc32)[C@H](O)[C@@H]1O)S(=O)(=O)O. The van der Waals surface area contributed by atoms with Gasteiger partial charge in [0, 0.05) is 12.6 Å². The largest absolute Gasteiger partial charge is 0.389 e. The van der Waals surface area contributed by atoms with Gasteiger partial charge in [0.1, 0.15) is 23.6 Å². The Morgan fingerprint density at radius 2 is 1.83 bits per heavy atom. The molecular formula is C19H19N5O5S. The maximum atomic E-state index is 11.4. The summed E-state index contributed by atoms with van der Waals surface area (Å²) in [5.74, 6) is 5.97. The van der Waals surface area contributed by atoms with E-state index < -0.39 is 34.6 Å². The summed E-state index contributed by atoms with van der Waals surface area (Å²) in [6.45, 7) is 0. The van der Waals surface area contributed by atoms with Gasteiger partial charge in [-0.15, -0.1) is 0 Å². The van der Waals surface area contributed by atoms with E-state index in [0.29, 0.717) is 21.2 Å². The summed E-state index contributed by atoms with van der Waals surface area (Å²) in [7, 11) is -3.38. The van der Waals surface area contributed by atoms with Crippen molar-refractivity contribution in [2.24, 2.45) is 0 Å². The molecule has 0 bridgehead atoms. The first-order valence-electron chi connectivity index (χ1n) is 9.08. The number of fused-ring (bicyclic) bond motifs is 1. The molecule has 1 fully saturated rings. The van der Waals surface area contributed by atoms with Crippen LogP contribution in [-0.2, 0) is 10.3 Å². The lowest BCUT2D eigenvalue weighted by molar-refractivity contribution is 0.00532. The minimum Gasteiger partial charge on any atom is -0.389 e. The lowest BCUT2D eigenvalue weighted by Crippen LogP contribution is -2.44. The van der Waals surface area contributed by atoms with E-state index in [1.807, 2.05) is 30.3 Å². The fraction of sp³-hybridized carbons (Fsp3) is 0.316. The van der Waals surface area contributed by atoms with E-state index in [4.69, 9.17) is 0 Å². The van der Waals surface area contributed by atoms with Gasteiger partial charge in [0.25, 0.3) is 0 Å². The molecule has 1 aliphatic carbocycles. The van der Waals surface area contributed by atoms with Crippen molar-refractivity contribution in [2.45, 2.75) is 30.7 Å². The molecule has 0 radical (unpaired) electrons. The standard InChI is InChI=1S/C19H19N5O5S/c1-23(30(27,28)29)14-9-15(18(26)17(14)25)24-11-22-16-13(20-10-21-19(16)24)8-7-12-5-3-2-4-6-12/h2-6,10-11,14-15,17-18,25-26H,9H2,1H3,(H,27,28,29)/t14-,15-,17-,18+/m1/s1. The normalized spacial score (nSPS) is 24.2. The number of hydrogen-bond donors (Lipinski definition) is 3. The van der Waals surface area contributed by atoms with Crippen LogP contribution in [0.2, 0.25) is 0 Å². The molecule has 2 aromatic heterocycles. The maximum absolute atomic E-state index is 11.4. The summed E-state index contributed by atoms with van der Waals surface area (Å²) >= 11 is 0. The van der Waals surface area contributed by atoms with Gasteiger partial charge in [-0.05, 0) is 24.5 Å². The number of imidazole rings is 1. The van der Waals surface area contributed by atoms with Gasteiger partial charge in [-0.25, -0.2) is 15.0 Å². The highest BCUT2D eigenvalue weighted by Gasteiger charge is 2.47. The molecule has 1 saturated carbocycles. The molecule has 1 aliphatic rings. The zero-order valence-electron chi connectivity index (χ0n) is 15.9. The average Bonchev–Trinajstić information content (AvgIpc) is 3.28. The third kappa shape index (κ3) is 3.67. The summed E-state index contributed by atoms with van der Waals surface area (Å²) < 4.78 is 34.4. The van der Waals surface area contributed by atoms with Gasteiger partial charge >= 0.3 is 10.3 Å². The van der Waals surface area contributed by atoms with Crippen molar-refractivity contribution in [1.29, 1.82) is 0 Å². The molecule has 4 atom stereocenters. The van der Waals surface area contributed by atoms with Crippen LogP contribution in [0.1, 0.15) is 23.7 Å². The third-order valence-electron chi connectivity index (χ3n) is 5.27. The number of nitrogens with zero attached hydrogens (tertiary/aromatic N) is 5. The van der Waals surface area contributed by atoms with Crippen molar-refractivity contribution >= 4 is 21.5 Å². The first kappa shape index (κ1) is 20.4. The van der Waals surface area contributed by atoms with Gasteiger partial charge in [0.05, 0.1) is 24.5 Å². The number of likely N-dealkylation sites (N-methyl/N-ethyl adjacent to an activating group) is 1. The van der Waals surface area contributed by atoms with Gasteiger partial charge in [-0.3, -0.25) is 4.55 Å². The molecule has 0 amide bonds. The van der Waals surface area contributed by atoms with Crippen LogP contribution >= 0.6 is 0 Å². The smallest absolute Gasteiger partial charge is 0.335 e. The van der Waals surface area contributed by atoms with Crippen molar-refractivity contribution in [3.05, 3.63) is 54.2 Å². The van der Waals surface area contributed by atoms with E-state index in [2.05, 4.69) is 26.8 Å². The van der Waals surface area contributed by atoms with Crippen LogP contribution in [0.4, 0.5) is 0 Å². The fourth-order valence-electron chi connectivity index (χ4n) is 3.63. The summed E-state index contributed by atoms with van der Waals surface area (Å²) in [4.78, 5) is 12.7. The van der Waals surface area contributed by atoms with Gasteiger partial charge < -0.3 is 14.8 Å². The van der Waals surface area contributed by atoms with E-state index in [1.165, 1.54) is 12.7 Å². The van der Waals surface area contributed by atoms with Crippen molar-refractivity contribution in [1.82, 2.24) is 23.8 Å². The molecule has 1 aromatic carbocycles. The zero-order chi connectivity index (χ0) is 21.5. The summed E-state index contributed by atoms with van der Waals surface area (Å²) in [5.41, 5.74) is 2.04. The molecule has 30 heavy (non-hydrogen) atoms. The quantitative estimate of drug-likeness (QED) is 0.390. The molecule has 0 aliphatic heterocycles. The Labute approximate surface area is 172 Å². The average molecular weight is 429 g/mol. The Morgan fingerprint density at radius 1 is 1.10 bits per heavy atom. The summed E-state index contributed by atoms with van der Waals surface area (Å²) in [6, 6.07) is 7.67. The van der Waals surface area contributed by atoms with E-state index in [1.54, 1.807) is 4.57 Å². The number of aliphatic hydroxyl groups excluding tert-OH is 2. The molecule has 156 valence electrons. The number of aliphatic hydroxyl groups is 2. The van der Waals surface area contributed by atoms with E-state index in [-0.39, 0.29) is 6.42 Å². The molecule has 10 nitrogen and oxygen atoms in total. The van der Waals surface area contributed by atoms with Gasteiger partial charge in [-0.1, -0.05) is 24.1 Å². The van der Waals surface area contributed by atoms with Crippen molar-refractivity contribution in [2.75, 3.05) is 7.05 Å². The van der Waals surface area contributed by atoms with Crippen molar-refractivity contribution < 1.29 is 23.2 Å². The second kappa shape index (κ2) is 7.75. The van der Waals surface area contributed by atoms with Gasteiger partial charge in [0.2, 0.25) is 0 Å². The molecule has 4 rings (SSSR count). The zero-order valence-corrected chi connectivity index (χ0v) is 16.7. The minimum atomic E-state index is -4.52. The Bertz CT molecular complexity index is 1230. The monoisotopic (exact) mass is 429 g/mol. The Balaban J connectivity index is 1.69. The third-order valence-corrected chi connectivity index (χ3v) is 6.27. The summed E-state index contributed by atoms with van der Waals surface area (Å²) in [5, 5.41) is 20.9. The molecule has 0 unspecified atom stereocenters. The van der Waals surface area contributed by atoms with Crippen LogP contribution < -0.4 is 0 Å². The Kier molecular flexibility index (Phi) is 5.27. The summed E-state index contributed by atoms with van der Waals surface area (Å²) in [6.07, 6.45) is 0.154. The predicted molar refractivity (Wildman–Crippen MR) is 107 cm³/mol. The van der Waals surface area contributed by atoms with Gasteiger partial charge in [-0.2, -0.15) is 12.7 Å². The predicted octanol–water partition coefficient (Wildman–Crippen LogP) is -0.00410. The van der Waals surface area contributed by atoms with Crippen LogP contribution in [0.3, 0.4) is 0 Å². The van der Waals surface area contributed by atoms with Crippen LogP contribution in [0.5, 0.6) is 0 Å². The van der Waals surface area contributed by atoms with E-state index in [0.717, 1.165) is 12.6 Å². The first-order chi connectivity index (χ1) is 14.3. The lowest BCUT2D eigenvalue weighted by atomic mass is 10.2. The molecule has 2 heterocycles. The minimum absolute atomic E-state index is 0.0547. The lowest BCUT2D eigenvalue weighted by Gasteiger charge is -2.23. The Hall–Kier alpha value is -2.88. The van der Waals surface area contributed by atoms with E-state index in [9.17, 15) is 23.2 Å². The highest BCUT2D eigenvalue weighted by molar-refractivity contribution is 7.83. The topological polar surface area (TPSA) is 142 Å². The first-order valence-corrected chi connectivity index (χ1v) is 10.5. The fourth-order valence-corrected chi connectivity index (χ4v) is 4.19. The molecule has 0 spiro atoms. The highest BCUT2D eigenvalue weighted by Crippen LogP contribution is 2.35. The number of hydrogen-bond acceptors (Lipinski definition) is 7. The molecule has 3 N–H and O–H groups in total. The second-order valence-electron chi connectivity index (χ2n) is 7.01. The maximum Gasteiger partial charge on any atom is 0.335 e. The molecular weight excluding hydrogens is 410 g/mol. The van der Waals surface area contributed by atoms with E-state index >= 15 is 0 Å². The number of rotatable bonds is 3. The van der Waals surface area contributed by atoms with Crippen LogP contribution in [0.25, 0.3) is 11.2 Å². The van der Waals surface area contributed by atoms with Gasteiger partial charge in [0.15, 0.2) is 5.65 Å². The molecule has 11 heteroatoms. The van der Waals surface area contributed by atoms with Crippen LogP contribution in [-0.4, -0.2) is 72.3 Å². The highest BCUT2D eigenvalue weighted by atomic mass is 32.2. The van der Waals surface area contributed by atoms with Crippen LogP contribution in [0.15, 0.2) is 43.0 Å². The second-order valence-corrected chi connectivity index (χ2v) is 8.48. The number of aromatic nitrogens is 4. The Morgan fingerprint density at radius 3 is 2.53 bits per heavy atom. The van der Waals surface area contributed by atoms with Crippen molar-refractivity contribution in [3.8, 4) is 11.8 Å². The molecule has 0 saturated heterocycles. The number of benzene rings is 1. The van der Waals surface area contributed by atoms with Crippen LogP contribution in [0, 0.1) is 11.8 Å². The van der Waals surface area contributed by atoms with Crippen molar-refractivity contribution in [3.63, 3.8) is 0 Å². The molecule has 3 aromatic rings.